The number of ether oxygens (including phenoxy) is 1. The Hall–Kier alpha value is -1.69. The Bertz CT molecular complexity index is 407. The number of rotatable bonds is 3. The van der Waals surface area contributed by atoms with E-state index in [1.807, 2.05) is 13.8 Å². The first kappa shape index (κ1) is 12.8. The van der Waals surface area contributed by atoms with Crippen LogP contribution in [0.5, 0.6) is 0 Å². The Kier molecular flexibility index (Phi) is 4.09. The molecule has 0 spiro atoms. The highest BCUT2D eigenvalue weighted by molar-refractivity contribution is 5.92. The van der Waals surface area contributed by atoms with Gasteiger partial charge in [0.15, 0.2) is 0 Å². The molecule has 1 atom stereocenters. The minimum Gasteiger partial charge on any atom is -0.375 e. The van der Waals surface area contributed by atoms with E-state index in [1.54, 1.807) is 11.1 Å². The van der Waals surface area contributed by atoms with Gasteiger partial charge < -0.3 is 15.0 Å². The van der Waals surface area contributed by atoms with E-state index in [2.05, 4.69) is 15.3 Å². The molecule has 1 saturated heterocycles. The third kappa shape index (κ3) is 2.95. The van der Waals surface area contributed by atoms with Crippen LogP contribution >= 0.6 is 0 Å². The normalized spacial score (nSPS) is 19.7. The van der Waals surface area contributed by atoms with E-state index >= 15 is 0 Å². The third-order valence-electron chi connectivity index (χ3n) is 2.76. The molecule has 0 bridgehead atoms. The predicted molar refractivity (Wildman–Crippen MR) is 67.5 cm³/mol. The Morgan fingerprint density at radius 1 is 1.56 bits per heavy atom. The molecule has 1 N–H and O–H groups in total. The first-order chi connectivity index (χ1) is 8.70. The summed E-state index contributed by atoms with van der Waals surface area (Å²) >= 11 is 0. The zero-order chi connectivity index (χ0) is 13.0. The van der Waals surface area contributed by atoms with Crippen LogP contribution in [-0.2, 0) is 4.74 Å². The minimum absolute atomic E-state index is 0.0803. The maximum Gasteiger partial charge on any atom is 0.274 e. The van der Waals surface area contributed by atoms with E-state index in [9.17, 15) is 4.79 Å². The van der Waals surface area contributed by atoms with Crippen LogP contribution in [0.4, 0.5) is 5.82 Å². The number of morpholine rings is 1. The van der Waals surface area contributed by atoms with Crippen molar-refractivity contribution in [3.8, 4) is 0 Å². The maximum absolute atomic E-state index is 12.2. The lowest BCUT2D eigenvalue weighted by Gasteiger charge is -2.30. The largest absolute Gasteiger partial charge is 0.375 e. The van der Waals surface area contributed by atoms with Crippen molar-refractivity contribution in [1.29, 1.82) is 0 Å². The number of hydrogen-bond donors (Lipinski definition) is 1. The Labute approximate surface area is 106 Å². The van der Waals surface area contributed by atoms with Crippen molar-refractivity contribution >= 4 is 11.7 Å². The quantitative estimate of drug-likeness (QED) is 0.858. The van der Waals surface area contributed by atoms with Crippen molar-refractivity contribution in [3.63, 3.8) is 0 Å². The highest BCUT2D eigenvalue weighted by Gasteiger charge is 2.23. The van der Waals surface area contributed by atoms with Crippen LogP contribution < -0.4 is 5.32 Å². The van der Waals surface area contributed by atoms with Crippen molar-refractivity contribution in [1.82, 2.24) is 14.9 Å². The second-order valence-corrected chi connectivity index (χ2v) is 4.25. The molecule has 1 aliphatic rings. The highest BCUT2D eigenvalue weighted by Crippen LogP contribution is 2.09. The molecule has 18 heavy (non-hydrogen) atoms. The van der Waals surface area contributed by atoms with Gasteiger partial charge in [0.25, 0.3) is 5.91 Å². The average molecular weight is 250 g/mol. The molecule has 2 rings (SSSR count). The Balaban J connectivity index is 2.03. The van der Waals surface area contributed by atoms with Crippen molar-refractivity contribution < 1.29 is 9.53 Å². The zero-order valence-electron chi connectivity index (χ0n) is 10.7. The molecule has 1 amide bonds. The van der Waals surface area contributed by atoms with Crippen LogP contribution in [0.3, 0.4) is 0 Å². The van der Waals surface area contributed by atoms with E-state index in [4.69, 9.17) is 4.74 Å². The number of aromatic nitrogens is 2. The van der Waals surface area contributed by atoms with Crippen LogP contribution in [0.2, 0.25) is 0 Å². The summed E-state index contributed by atoms with van der Waals surface area (Å²) in [6.45, 7) is 6.52. The topological polar surface area (TPSA) is 67.4 Å². The third-order valence-corrected chi connectivity index (χ3v) is 2.76. The van der Waals surface area contributed by atoms with Gasteiger partial charge in [-0.1, -0.05) is 0 Å². The lowest BCUT2D eigenvalue weighted by molar-refractivity contribution is -0.0126. The van der Waals surface area contributed by atoms with Gasteiger partial charge in [0.05, 0.1) is 25.1 Å². The highest BCUT2D eigenvalue weighted by atomic mass is 16.5. The Morgan fingerprint density at radius 3 is 3.00 bits per heavy atom. The van der Waals surface area contributed by atoms with Crippen LogP contribution in [-0.4, -0.2) is 53.1 Å². The van der Waals surface area contributed by atoms with Gasteiger partial charge in [-0.2, -0.15) is 0 Å². The molecular weight excluding hydrogens is 232 g/mol. The predicted octanol–water partition coefficient (Wildman–Crippen LogP) is 0.769. The number of amides is 1. The summed E-state index contributed by atoms with van der Waals surface area (Å²) in [5.41, 5.74) is 0.380. The number of carbonyl (C=O) groups is 1. The summed E-state index contributed by atoms with van der Waals surface area (Å²) in [6, 6.07) is 0. The lowest BCUT2D eigenvalue weighted by atomic mass is 10.2. The summed E-state index contributed by atoms with van der Waals surface area (Å²) in [5, 5.41) is 3.04. The van der Waals surface area contributed by atoms with E-state index in [0.29, 0.717) is 31.2 Å². The summed E-state index contributed by atoms with van der Waals surface area (Å²) in [7, 11) is 0. The lowest BCUT2D eigenvalue weighted by Crippen LogP contribution is -2.44. The molecule has 0 aliphatic carbocycles. The molecule has 98 valence electrons. The summed E-state index contributed by atoms with van der Waals surface area (Å²) in [5.74, 6) is 0.602. The molecule has 1 aromatic heterocycles. The van der Waals surface area contributed by atoms with Gasteiger partial charge in [0, 0.05) is 19.6 Å². The SMILES string of the molecule is CCNc1cnc(C(=O)N2CCOC(C)C2)cn1. The molecule has 1 aliphatic heterocycles. The van der Waals surface area contributed by atoms with Gasteiger partial charge in [-0.25, -0.2) is 9.97 Å². The molecule has 2 heterocycles. The number of carbonyl (C=O) groups excluding carboxylic acids is 1. The van der Waals surface area contributed by atoms with Crippen molar-refractivity contribution in [2.45, 2.75) is 20.0 Å². The first-order valence-corrected chi connectivity index (χ1v) is 6.17. The number of hydrogen-bond acceptors (Lipinski definition) is 5. The van der Waals surface area contributed by atoms with E-state index in [0.717, 1.165) is 6.54 Å². The monoisotopic (exact) mass is 250 g/mol. The summed E-state index contributed by atoms with van der Waals surface area (Å²) in [4.78, 5) is 22.2. The molecule has 0 aromatic carbocycles. The zero-order valence-corrected chi connectivity index (χ0v) is 10.7. The maximum atomic E-state index is 12.2. The molecule has 6 nitrogen and oxygen atoms in total. The fourth-order valence-corrected chi connectivity index (χ4v) is 1.88. The molecule has 6 heteroatoms. The van der Waals surface area contributed by atoms with Crippen LogP contribution in [0, 0.1) is 0 Å². The van der Waals surface area contributed by atoms with Gasteiger partial charge in [-0.05, 0) is 13.8 Å². The van der Waals surface area contributed by atoms with Gasteiger partial charge >= 0.3 is 0 Å². The molecule has 1 fully saturated rings. The van der Waals surface area contributed by atoms with Gasteiger partial charge in [0.1, 0.15) is 11.5 Å². The van der Waals surface area contributed by atoms with Crippen LogP contribution in [0.15, 0.2) is 12.4 Å². The van der Waals surface area contributed by atoms with Crippen molar-refractivity contribution in [3.05, 3.63) is 18.1 Å². The van der Waals surface area contributed by atoms with E-state index < -0.39 is 0 Å². The molecule has 1 aromatic rings. The van der Waals surface area contributed by atoms with Crippen LogP contribution in [0.1, 0.15) is 24.3 Å². The van der Waals surface area contributed by atoms with Crippen LogP contribution in [0.25, 0.3) is 0 Å². The second-order valence-electron chi connectivity index (χ2n) is 4.25. The first-order valence-electron chi connectivity index (χ1n) is 6.17. The van der Waals surface area contributed by atoms with Crippen molar-refractivity contribution in [2.24, 2.45) is 0 Å². The molecular formula is C12H18N4O2. The summed E-state index contributed by atoms with van der Waals surface area (Å²) < 4.78 is 5.41. The number of anilines is 1. The van der Waals surface area contributed by atoms with E-state index in [-0.39, 0.29) is 12.0 Å². The fourth-order valence-electron chi connectivity index (χ4n) is 1.88. The van der Waals surface area contributed by atoms with E-state index in [1.165, 1.54) is 6.20 Å². The molecule has 0 radical (unpaired) electrons. The van der Waals surface area contributed by atoms with Gasteiger partial charge in [-0.3, -0.25) is 4.79 Å². The number of nitrogens with one attached hydrogen (secondary N) is 1. The minimum atomic E-state index is -0.0827. The smallest absolute Gasteiger partial charge is 0.274 e. The molecule has 0 saturated carbocycles. The molecule has 1 unspecified atom stereocenters. The van der Waals surface area contributed by atoms with Gasteiger partial charge in [-0.15, -0.1) is 0 Å². The number of nitrogens with zero attached hydrogens (tertiary/aromatic N) is 3. The summed E-state index contributed by atoms with van der Waals surface area (Å²) in [6.07, 6.45) is 3.18. The second kappa shape index (κ2) is 5.77. The van der Waals surface area contributed by atoms with Gasteiger partial charge in [0.2, 0.25) is 0 Å². The average Bonchev–Trinajstić information content (AvgIpc) is 2.39. The Morgan fingerprint density at radius 2 is 2.39 bits per heavy atom. The standard InChI is InChI=1S/C12H18N4O2/c1-3-13-11-7-14-10(6-15-11)12(17)16-4-5-18-9(2)8-16/h6-7,9H,3-5,8H2,1-2H3,(H,13,15). The fraction of sp³-hybridized carbons (Fsp3) is 0.583. The van der Waals surface area contributed by atoms with Crippen molar-refractivity contribution in [2.75, 3.05) is 31.6 Å².